The molecule has 2 amide bonds. The Hall–Kier alpha value is -3.14. The molecule has 1 aliphatic heterocycles. The maximum Gasteiger partial charge on any atom is 0.317 e. The highest BCUT2D eigenvalue weighted by atomic mass is 16.2. The molecule has 1 saturated heterocycles. The van der Waals surface area contributed by atoms with E-state index in [0.29, 0.717) is 6.54 Å². The van der Waals surface area contributed by atoms with Crippen LogP contribution in [0.5, 0.6) is 0 Å². The number of carbonyl (C=O) groups excluding carboxylic acids is 1. The van der Waals surface area contributed by atoms with Crippen LogP contribution in [0.15, 0.2) is 85.2 Å². The molecule has 4 rings (SSSR count). The molecule has 3 aromatic rings. The van der Waals surface area contributed by atoms with E-state index in [9.17, 15) is 4.79 Å². The van der Waals surface area contributed by atoms with Gasteiger partial charge in [0.15, 0.2) is 0 Å². The number of rotatable bonds is 6. The summed E-state index contributed by atoms with van der Waals surface area (Å²) in [7, 11) is 0. The maximum atomic E-state index is 12.9. The summed E-state index contributed by atoms with van der Waals surface area (Å²) in [5, 5.41) is 3.16. The lowest BCUT2D eigenvalue weighted by Crippen LogP contribution is -2.40. The summed E-state index contributed by atoms with van der Waals surface area (Å²) in [5.41, 5.74) is 3.68. The summed E-state index contributed by atoms with van der Waals surface area (Å²) < 4.78 is 0. The fraction of sp³-hybridized carbons (Fsp3) is 0.280. The Morgan fingerprint density at radius 3 is 2.31 bits per heavy atom. The standard InChI is InChI=1S/C25H27N3O/c29-25(28-18-8-14-24(28)22-13-7-16-26-19-22)27-17-15-23(20-9-3-1-4-10-20)21-11-5-2-6-12-21/h1-7,9-13,16,19,23-24H,8,14-15,17-18H2,(H,27,29)/t24-/m1/s1. The van der Waals surface area contributed by atoms with E-state index in [1.165, 1.54) is 11.1 Å². The van der Waals surface area contributed by atoms with Crippen LogP contribution in [0.1, 0.15) is 47.9 Å². The number of nitrogens with one attached hydrogen (secondary N) is 1. The normalized spacial score (nSPS) is 16.2. The highest BCUT2D eigenvalue weighted by Gasteiger charge is 2.30. The average molecular weight is 386 g/mol. The minimum absolute atomic E-state index is 0.0243. The molecule has 0 aliphatic carbocycles. The van der Waals surface area contributed by atoms with Gasteiger partial charge in [0, 0.05) is 31.4 Å². The van der Waals surface area contributed by atoms with E-state index >= 15 is 0 Å². The Morgan fingerprint density at radius 2 is 1.69 bits per heavy atom. The Labute approximate surface area is 172 Å². The third-order valence-corrected chi connectivity index (χ3v) is 5.70. The molecule has 0 radical (unpaired) electrons. The predicted octanol–water partition coefficient (Wildman–Crippen LogP) is 5.15. The van der Waals surface area contributed by atoms with Crippen LogP contribution in [0.2, 0.25) is 0 Å². The Bertz CT molecular complexity index is 860. The van der Waals surface area contributed by atoms with Crippen LogP contribution in [0.3, 0.4) is 0 Å². The lowest BCUT2D eigenvalue weighted by Gasteiger charge is -2.26. The minimum Gasteiger partial charge on any atom is -0.338 e. The van der Waals surface area contributed by atoms with E-state index in [1.807, 2.05) is 29.3 Å². The van der Waals surface area contributed by atoms with Gasteiger partial charge in [0.25, 0.3) is 0 Å². The summed E-state index contributed by atoms with van der Waals surface area (Å²) in [6, 6.07) is 25.2. The molecule has 4 nitrogen and oxygen atoms in total. The molecular formula is C25H27N3O. The molecule has 0 bridgehead atoms. The molecule has 1 atom stereocenters. The first-order valence-corrected chi connectivity index (χ1v) is 10.4. The van der Waals surface area contributed by atoms with E-state index < -0.39 is 0 Å². The number of carbonyl (C=O) groups is 1. The molecule has 0 spiro atoms. The quantitative estimate of drug-likeness (QED) is 0.638. The summed E-state index contributed by atoms with van der Waals surface area (Å²) in [6.45, 7) is 1.44. The van der Waals surface area contributed by atoms with Gasteiger partial charge in [-0.1, -0.05) is 66.7 Å². The van der Waals surface area contributed by atoms with Crippen molar-refractivity contribution in [1.29, 1.82) is 0 Å². The molecule has 1 N–H and O–H groups in total. The second kappa shape index (κ2) is 9.37. The van der Waals surface area contributed by atoms with Crippen molar-refractivity contribution in [3.05, 3.63) is 102 Å². The number of amides is 2. The number of benzene rings is 2. The number of likely N-dealkylation sites (tertiary alicyclic amines) is 1. The van der Waals surface area contributed by atoms with Crippen molar-refractivity contribution in [2.75, 3.05) is 13.1 Å². The van der Waals surface area contributed by atoms with E-state index in [2.05, 4.69) is 64.9 Å². The summed E-state index contributed by atoms with van der Waals surface area (Å²) in [4.78, 5) is 19.1. The van der Waals surface area contributed by atoms with Crippen LogP contribution in [-0.4, -0.2) is 29.0 Å². The van der Waals surface area contributed by atoms with Crippen molar-refractivity contribution in [2.45, 2.75) is 31.2 Å². The van der Waals surface area contributed by atoms with Gasteiger partial charge in [-0.05, 0) is 42.0 Å². The third-order valence-electron chi connectivity index (χ3n) is 5.70. The molecule has 2 aromatic carbocycles. The second-order valence-corrected chi connectivity index (χ2v) is 7.53. The van der Waals surface area contributed by atoms with Crippen LogP contribution in [-0.2, 0) is 0 Å². The number of pyridine rings is 1. The van der Waals surface area contributed by atoms with E-state index in [1.54, 1.807) is 6.20 Å². The van der Waals surface area contributed by atoms with Crippen molar-refractivity contribution in [3.63, 3.8) is 0 Å². The number of hydrogen-bond donors (Lipinski definition) is 1. The number of nitrogens with zero attached hydrogens (tertiary/aromatic N) is 2. The van der Waals surface area contributed by atoms with Gasteiger partial charge < -0.3 is 10.2 Å². The molecule has 0 unspecified atom stereocenters. The number of aromatic nitrogens is 1. The highest BCUT2D eigenvalue weighted by Crippen LogP contribution is 2.31. The summed E-state index contributed by atoms with van der Waals surface area (Å²) >= 11 is 0. The average Bonchev–Trinajstić information content (AvgIpc) is 3.29. The topological polar surface area (TPSA) is 45.2 Å². The Morgan fingerprint density at radius 1 is 1.00 bits per heavy atom. The lowest BCUT2D eigenvalue weighted by molar-refractivity contribution is 0.192. The van der Waals surface area contributed by atoms with Gasteiger partial charge in [-0.25, -0.2) is 4.79 Å². The van der Waals surface area contributed by atoms with Crippen LogP contribution in [0.25, 0.3) is 0 Å². The molecule has 1 fully saturated rings. The largest absolute Gasteiger partial charge is 0.338 e. The van der Waals surface area contributed by atoms with E-state index in [0.717, 1.165) is 31.4 Å². The highest BCUT2D eigenvalue weighted by molar-refractivity contribution is 5.75. The number of urea groups is 1. The predicted molar refractivity (Wildman–Crippen MR) is 116 cm³/mol. The van der Waals surface area contributed by atoms with Crippen molar-refractivity contribution in [1.82, 2.24) is 15.2 Å². The van der Waals surface area contributed by atoms with E-state index in [-0.39, 0.29) is 18.0 Å². The molecule has 4 heteroatoms. The molecular weight excluding hydrogens is 358 g/mol. The molecule has 148 valence electrons. The summed E-state index contributed by atoms with van der Waals surface area (Å²) in [6.07, 6.45) is 6.54. The fourth-order valence-electron chi connectivity index (χ4n) is 4.25. The van der Waals surface area contributed by atoms with Crippen LogP contribution < -0.4 is 5.32 Å². The van der Waals surface area contributed by atoms with Gasteiger partial charge in [0.05, 0.1) is 6.04 Å². The van der Waals surface area contributed by atoms with Gasteiger partial charge in [-0.3, -0.25) is 4.98 Å². The zero-order valence-electron chi connectivity index (χ0n) is 16.6. The molecule has 1 aromatic heterocycles. The monoisotopic (exact) mass is 385 g/mol. The molecule has 2 heterocycles. The third kappa shape index (κ3) is 4.65. The second-order valence-electron chi connectivity index (χ2n) is 7.53. The van der Waals surface area contributed by atoms with Crippen molar-refractivity contribution in [3.8, 4) is 0 Å². The first kappa shape index (κ1) is 19.2. The smallest absolute Gasteiger partial charge is 0.317 e. The lowest BCUT2D eigenvalue weighted by atomic mass is 9.88. The van der Waals surface area contributed by atoms with Gasteiger partial charge in [-0.2, -0.15) is 0 Å². The van der Waals surface area contributed by atoms with Gasteiger partial charge in [-0.15, -0.1) is 0 Å². The summed E-state index contributed by atoms with van der Waals surface area (Å²) in [5.74, 6) is 0.269. The van der Waals surface area contributed by atoms with Gasteiger partial charge in [0.1, 0.15) is 0 Å². The van der Waals surface area contributed by atoms with Crippen molar-refractivity contribution >= 4 is 6.03 Å². The van der Waals surface area contributed by atoms with Crippen LogP contribution in [0, 0.1) is 0 Å². The van der Waals surface area contributed by atoms with Gasteiger partial charge in [0.2, 0.25) is 0 Å². The van der Waals surface area contributed by atoms with Crippen molar-refractivity contribution in [2.24, 2.45) is 0 Å². The maximum absolute atomic E-state index is 12.9. The Balaban J connectivity index is 1.40. The van der Waals surface area contributed by atoms with Crippen LogP contribution >= 0.6 is 0 Å². The Kier molecular flexibility index (Phi) is 6.20. The zero-order valence-corrected chi connectivity index (χ0v) is 16.6. The number of hydrogen-bond acceptors (Lipinski definition) is 2. The molecule has 0 saturated carbocycles. The minimum atomic E-state index is 0.0243. The van der Waals surface area contributed by atoms with Crippen LogP contribution in [0.4, 0.5) is 4.79 Å². The molecule has 29 heavy (non-hydrogen) atoms. The zero-order chi connectivity index (χ0) is 19.9. The molecule has 1 aliphatic rings. The first-order valence-electron chi connectivity index (χ1n) is 10.4. The van der Waals surface area contributed by atoms with E-state index in [4.69, 9.17) is 0 Å². The first-order chi connectivity index (χ1) is 14.3. The SMILES string of the molecule is O=C(NCCC(c1ccccc1)c1ccccc1)N1CCC[C@@H]1c1cccnc1. The fourth-order valence-corrected chi connectivity index (χ4v) is 4.25. The van der Waals surface area contributed by atoms with Crippen molar-refractivity contribution < 1.29 is 4.79 Å². The van der Waals surface area contributed by atoms with Gasteiger partial charge >= 0.3 is 6.03 Å².